The SMILES string of the molecule is Cc1ccc2oc3ccccc3c2c1C(C)(C)N1c2ccccc2N(c2nc3ccccc3n2-c2c(C(C)C)cccc2C(C)C)C1C. The summed E-state index contributed by atoms with van der Waals surface area (Å²) in [5, 5.41) is 2.35. The van der Waals surface area contributed by atoms with Crippen LogP contribution in [0.15, 0.2) is 108 Å². The van der Waals surface area contributed by atoms with Crippen molar-refractivity contribution in [3.63, 3.8) is 0 Å². The fraction of sp³-hybridized carbons (Fsp3) is 0.279. The second-order valence-electron chi connectivity index (χ2n) is 14.5. The predicted molar refractivity (Wildman–Crippen MR) is 201 cm³/mol. The van der Waals surface area contributed by atoms with Gasteiger partial charge in [-0.05, 0) is 98.2 Å². The van der Waals surface area contributed by atoms with Crippen molar-refractivity contribution in [1.82, 2.24) is 9.55 Å². The van der Waals surface area contributed by atoms with E-state index >= 15 is 0 Å². The topological polar surface area (TPSA) is 37.4 Å². The Balaban J connectivity index is 1.39. The molecule has 1 atom stereocenters. The first-order valence-corrected chi connectivity index (χ1v) is 17.3. The molecule has 3 heterocycles. The summed E-state index contributed by atoms with van der Waals surface area (Å²) >= 11 is 0. The van der Waals surface area contributed by atoms with Gasteiger partial charge in [0.2, 0.25) is 5.95 Å². The van der Waals surface area contributed by atoms with Crippen molar-refractivity contribution in [1.29, 1.82) is 0 Å². The Morgan fingerprint density at radius 1 is 0.708 bits per heavy atom. The van der Waals surface area contributed by atoms with Crippen molar-refractivity contribution in [2.24, 2.45) is 0 Å². The quantitative estimate of drug-likeness (QED) is 0.183. The van der Waals surface area contributed by atoms with Crippen LogP contribution in [0.2, 0.25) is 0 Å². The molecule has 0 saturated heterocycles. The van der Waals surface area contributed by atoms with Crippen molar-refractivity contribution in [2.75, 3.05) is 9.80 Å². The van der Waals surface area contributed by atoms with Gasteiger partial charge in [0.25, 0.3) is 0 Å². The summed E-state index contributed by atoms with van der Waals surface area (Å²) in [7, 11) is 0. The minimum atomic E-state index is -0.406. The lowest BCUT2D eigenvalue weighted by Crippen LogP contribution is -2.50. The predicted octanol–water partition coefficient (Wildman–Crippen LogP) is 11.7. The largest absolute Gasteiger partial charge is 0.456 e. The zero-order valence-corrected chi connectivity index (χ0v) is 29.2. The van der Waals surface area contributed by atoms with E-state index in [-0.39, 0.29) is 6.17 Å². The van der Waals surface area contributed by atoms with Gasteiger partial charge in [0.05, 0.1) is 33.6 Å². The number of anilines is 3. The van der Waals surface area contributed by atoms with Gasteiger partial charge in [0.15, 0.2) is 0 Å². The monoisotopic (exact) mass is 632 g/mol. The highest BCUT2D eigenvalue weighted by molar-refractivity contribution is 6.08. The normalized spacial score (nSPS) is 15.2. The second-order valence-corrected chi connectivity index (χ2v) is 14.5. The number of aryl methyl sites for hydroxylation is 1. The van der Waals surface area contributed by atoms with E-state index in [1.54, 1.807) is 0 Å². The number of rotatable bonds is 6. The molecule has 5 aromatic carbocycles. The number of nitrogens with zero attached hydrogens (tertiary/aromatic N) is 4. The van der Waals surface area contributed by atoms with Crippen LogP contribution in [-0.4, -0.2) is 15.7 Å². The Morgan fingerprint density at radius 2 is 1.35 bits per heavy atom. The number of fused-ring (bicyclic) bond motifs is 5. The molecule has 1 unspecified atom stereocenters. The van der Waals surface area contributed by atoms with E-state index in [0.29, 0.717) is 11.8 Å². The molecule has 1 aliphatic rings. The number of imidazole rings is 1. The first-order valence-electron chi connectivity index (χ1n) is 17.3. The third kappa shape index (κ3) is 4.33. The molecule has 0 radical (unpaired) electrons. The molecule has 1 aliphatic heterocycles. The average Bonchev–Trinajstić information content (AvgIpc) is 3.72. The molecule has 0 bridgehead atoms. The Labute approximate surface area is 283 Å². The van der Waals surface area contributed by atoms with Crippen LogP contribution in [0.5, 0.6) is 0 Å². The highest BCUT2D eigenvalue weighted by atomic mass is 16.3. The molecule has 48 heavy (non-hydrogen) atoms. The van der Waals surface area contributed by atoms with E-state index in [0.717, 1.165) is 39.2 Å². The van der Waals surface area contributed by atoms with Crippen LogP contribution in [-0.2, 0) is 5.54 Å². The molecule has 0 aliphatic carbocycles. The summed E-state index contributed by atoms with van der Waals surface area (Å²) < 4.78 is 8.85. The van der Waals surface area contributed by atoms with E-state index in [2.05, 4.69) is 167 Å². The smallest absolute Gasteiger partial charge is 0.217 e. The zero-order valence-electron chi connectivity index (χ0n) is 29.2. The van der Waals surface area contributed by atoms with E-state index in [1.165, 1.54) is 39.0 Å². The molecule has 7 aromatic rings. The van der Waals surface area contributed by atoms with E-state index < -0.39 is 5.54 Å². The summed E-state index contributed by atoms with van der Waals surface area (Å²) in [6, 6.07) is 37.0. The molecule has 0 amide bonds. The maximum atomic E-state index is 6.41. The van der Waals surface area contributed by atoms with Crippen LogP contribution in [0.25, 0.3) is 38.7 Å². The van der Waals surface area contributed by atoms with E-state index in [4.69, 9.17) is 9.40 Å². The molecule has 8 rings (SSSR count). The van der Waals surface area contributed by atoms with Gasteiger partial charge < -0.3 is 9.32 Å². The number of aromatic nitrogens is 2. The fourth-order valence-electron chi connectivity index (χ4n) is 8.43. The van der Waals surface area contributed by atoms with Crippen molar-refractivity contribution >= 4 is 50.3 Å². The van der Waals surface area contributed by atoms with Gasteiger partial charge >= 0.3 is 0 Å². The van der Waals surface area contributed by atoms with Crippen molar-refractivity contribution in [2.45, 2.75) is 78.9 Å². The molecule has 5 nitrogen and oxygen atoms in total. The summed E-state index contributed by atoms with van der Waals surface area (Å²) in [6.45, 7) is 18.5. The highest BCUT2D eigenvalue weighted by Gasteiger charge is 2.45. The Bertz CT molecular complexity index is 2310. The number of hydrogen-bond donors (Lipinski definition) is 0. The summed E-state index contributed by atoms with van der Waals surface area (Å²) in [5.74, 6) is 1.63. The van der Waals surface area contributed by atoms with Crippen LogP contribution in [0.3, 0.4) is 0 Å². The Kier molecular flexibility index (Phi) is 6.96. The molecular formula is C43H44N4O. The van der Waals surface area contributed by atoms with Gasteiger partial charge in [-0.2, -0.15) is 0 Å². The van der Waals surface area contributed by atoms with Gasteiger partial charge in [0.1, 0.15) is 17.3 Å². The molecule has 5 heteroatoms. The third-order valence-corrected chi connectivity index (χ3v) is 10.4. The first-order chi connectivity index (χ1) is 23.1. The average molecular weight is 633 g/mol. The number of hydrogen-bond acceptors (Lipinski definition) is 4. The highest BCUT2D eigenvalue weighted by Crippen LogP contribution is 2.52. The molecule has 2 aromatic heterocycles. The third-order valence-electron chi connectivity index (χ3n) is 10.4. The van der Waals surface area contributed by atoms with Gasteiger partial charge in [0, 0.05) is 10.8 Å². The van der Waals surface area contributed by atoms with Crippen molar-refractivity contribution in [3.8, 4) is 5.69 Å². The number of benzene rings is 5. The standard InChI is InChI=1S/C43H44N4O/c1-26(2)30-17-15-18-31(27(3)4)41(30)46-34-20-11-10-19-33(34)44-42(46)45-29(6)47(36-22-13-12-21-35(36)45)43(7,8)40-28(5)24-25-38-39(40)32-16-9-14-23-37(32)48-38/h9-27,29H,1-8H3. The minimum Gasteiger partial charge on any atom is -0.456 e. The van der Waals surface area contributed by atoms with Crippen LogP contribution in [0, 0.1) is 6.92 Å². The molecule has 0 fully saturated rings. The lowest BCUT2D eigenvalue weighted by molar-refractivity contribution is 0.447. The lowest BCUT2D eigenvalue weighted by Gasteiger charge is -2.43. The van der Waals surface area contributed by atoms with Crippen LogP contribution >= 0.6 is 0 Å². The van der Waals surface area contributed by atoms with Gasteiger partial charge in [-0.15, -0.1) is 0 Å². The molecule has 0 saturated carbocycles. The minimum absolute atomic E-state index is 0.0468. The van der Waals surface area contributed by atoms with E-state index in [1.807, 2.05) is 6.07 Å². The molecule has 0 spiro atoms. The number of furan rings is 1. The molecule has 0 N–H and O–H groups in total. The lowest BCUT2D eigenvalue weighted by atomic mass is 9.84. The Morgan fingerprint density at radius 3 is 2.08 bits per heavy atom. The van der Waals surface area contributed by atoms with Crippen molar-refractivity contribution in [3.05, 3.63) is 125 Å². The zero-order chi connectivity index (χ0) is 33.5. The van der Waals surface area contributed by atoms with Crippen LogP contribution < -0.4 is 9.80 Å². The summed E-state index contributed by atoms with van der Waals surface area (Å²) in [6.07, 6.45) is -0.0468. The van der Waals surface area contributed by atoms with Gasteiger partial charge in [-0.1, -0.05) is 94.4 Å². The maximum absolute atomic E-state index is 6.41. The second kappa shape index (κ2) is 11.0. The summed E-state index contributed by atoms with van der Waals surface area (Å²) in [5.41, 5.74) is 12.4. The Hall–Kier alpha value is -5.03. The summed E-state index contributed by atoms with van der Waals surface area (Å²) in [4.78, 5) is 10.5. The van der Waals surface area contributed by atoms with Crippen LogP contribution in [0.1, 0.15) is 82.6 Å². The van der Waals surface area contributed by atoms with Crippen LogP contribution in [0.4, 0.5) is 17.3 Å². The number of para-hydroxylation sites is 6. The van der Waals surface area contributed by atoms with Gasteiger partial charge in [-0.3, -0.25) is 9.47 Å². The maximum Gasteiger partial charge on any atom is 0.217 e. The van der Waals surface area contributed by atoms with Crippen molar-refractivity contribution < 1.29 is 4.42 Å². The molecular weight excluding hydrogens is 589 g/mol. The first kappa shape index (κ1) is 30.3. The molecule has 242 valence electrons. The van der Waals surface area contributed by atoms with E-state index in [9.17, 15) is 0 Å². The fourth-order valence-corrected chi connectivity index (χ4v) is 8.43. The van der Waals surface area contributed by atoms with Gasteiger partial charge in [-0.25, -0.2) is 4.98 Å².